The average molecular weight is 434 g/mol. The molecule has 1 saturated heterocycles. The van der Waals surface area contributed by atoms with Crippen LogP contribution < -0.4 is 5.32 Å². The number of nitrogens with zero attached hydrogens (tertiary/aromatic N) is 1. The van der Waals surface area contributed by atoms with Crippen molar-refractivity contribution in [2.24, 2.45) is 11.8 Å². The molecule has 2 N–H and O–H groups in total. The van der Waals surface area contributed by atoms with Gasteiger partial charge in [-0.05, 0) is 41.0 Å². The predicted molar refractivity (Wildman–Crippen MR) is 117 cm³/mol. The van der Waals surface area contributed by atoms with Crippen molar-refractivity contribution in [3.05, 3.63) is 59.7 Å². The molecule has 2 amide bonds. The standard InChI is InChI=1S/C25H26N2O5/c28-23(27-12-16(13-27)24(29)30)22(15-6-5-7-15)26-25(31)32-14-21-19-10-3-1-8-17(19)18-9-2-4-11-20(18)21/h1-4,8-11,15-16,21-22H,5-7,12-14H2,(H,26,31)(H,29,30). The van der Waals surface area contributed by atoms with Gasteiger partial charge in [-0.3, -0.25) is 9.59 Å². The van der Waals surface area contributed by atoms with Crippen molar-refractivity contribution in [2.75, 3.05) is 19.7 Å². The van der Waals surface area contributed by atoms with Crippen molar-refractivity contribution < 1.29 is 24.2 Å². The third-order valence-electron chi connectivity index (χ3n) is 7.05. The first-order valence-electron chi connectivity index (χ1n) is 11.2. The van der Waals surface area contributed by atoms with E-state index in [9.17, 15) is 14.4 Å². The maximum Gasteiger partial charge on any atom is 0.407 e. The molecule has 7 nitrogen and oxygen atoms in total. The van der Waals surface area contributed by atoms with Gasteiger partial charge in [0, 0.05) is 19.0 Å². The average Bonchev–Trinajstić information content (AvgIpc) is 3.03. The molecule has 2 fully saturated rings. The van der Waals surface area contributed by atoms with Gasteiger partial charge >= 0.3 is 12.1 Å². The molecule has 0 spiro atoms. The van der Waals surface area contributed by atoms with Gasteiger partial charge in [0.05, 0.1) is 5.92 Å². The lowest BCUT2D eigenvalue weighted by Gasteiger charge is -2.42. The van der Waals surface area contributed by atoms with E-state index < -0.39 is 24.0 Å². The van der Waals surface area contributed by atoms with E-state index in [0.717, 1.165) is 41.5 Å². The number of ether oxygens (including phenoxy) is 1. The minimum atomic E-state index is -0.890. The van der Waals surface area contributed by atoms with Gasteiger partial charge in [-0.25, -0.2) is 4.79 Å². The smallest absolute Gasteiger partial charge is 0.407 e. The van der Waals surface area contributed by atoms with Crippen molar-refractivity contribution in [2.45, 2.75) is 31.2 Å². The van der Waals surface area contributed by atoms with Crippen molar-refractivity contribution >= 4 is 18.0 Å². The molecule has 7 heteroatoms. The minimum Gasteiger partial charge on any atom is -0.481 e. The van der Waals surface area contributed by atoms with Crippen LogP contribution in [0, 0.1) is 11.8 Å². The van der Waals surface area contributed by atoms with Crippen molar-refractivity contribution in [1.29, 1.82) is 0 Å². The van der Waals surface area contributed by atoms with E-state index in [0.29, 0.717) is 0 Å². The van der Waals surface area contributed by atoms with Gasteiger partial charge in [-0.2, -0.15) is 0 Å². The van der Waals surface area contributed by atoms with Gasteiger partial charge in [0.1, 0.15) is 12.6 Å². The molecule has 2 aromatic carbocycles. The number of carbonyl (C=O) groups is 3. The molecule has 2 aromatic rings. The number of carbonyl (C=O) groups excluding carboxylic acids is 2. The minimum absolute atomic E-state index is 0.0438. The Morgan fingerprint density at radius 2 is 1.59 bits per heavy atom. The van der Waals surface area contributed by atoms with E-state index in [1.54, 1.807) is 0 Å². The first-order chi connectivity index (χ1) is 15.5. The van der Waals surface area contributed by atoms with Crippen LogP contribution in [0.2, 0.25) is 0 Å². The number of fused-ring (bicyclic) bond motifs is 3. The molecule has 1 heterocycles. The highest BCUT2D eigenvalue weighted by atomic mass is 16.5. The second kappa shape index (κ2) is 8.30. The monoisotopic (exact) mass is 434 g/mol. The largest absolute Gasteiger partial charge is 0.481 e. The summed E-state index contributed by atoms with van der Waals surface area (Å²) in [6, 6.07) is 15.6. The van der Waals surface area contributed by atoms with Crippen molar-refractivity contribution in [1.82, 2.24) is 10.2 Å². The number of carboxylic acids is 1. The van der Waals surface area contributed by atoms with Crippen LogP contribution in [0.5, 0.6) is 0 Å². The zero-order valence-corrected chi connectivity index (χ0v) is 17.7. The Balaban J connectivity index is 1.24. The molecule has 2 aliphatic carbocycles. The summed E-state index contributed by atoms with van der Waals surface area (Å²) in [6.45, 7) is 0.587. The van der Waals surface area contributed by atoms with E-state index in [2.05, 4.69) is 29.6 Å². The molecule has 32 heavy (non-hydrogen) atoms. The fraction of sp³-hybridized carbons (Fsp3) is 0.400. The number of rotatable bonds is 6. The van der Waals surface area contributed by atoms with E-state index in [1.807, 2.05) is 24.3 Å². The molecule has 3 aliphatic rings. The van der Waals surface area contributed by atoms with Crippen molar-refractivity contribution in [3.63, 3.8) is 0 Å². The number of nitrogens with one attached hydrogen (secondary N) is 1. The second-order valence-electron chi connectivity index (χ2n) is 8.92. The molecular weight excluding hydrogens is 408 g/mol. The fourth-order valence-corrected chi connectivity index (χ4v) is 4.93. The maximum atomic E-state index is 12.9. The number of carboxylic acid groups (broad SMARTS) is 1. The van der Waals surface area contributed by atoms with E-state index in [1.165, 1.54) is 4.90 Å². The SMILES string of the molecule is O=C(NC(C(=O)N1CC(C(=O)O)C1)C1CCC1)OCC1c2ccccc2-c2ccccc21. The molecule has 1 aliphatic heterocycles. The highest BCUT2D eigenvalue weighted by molar-refractivity contribution is 5.88. The summed E-state index contributed by atoms with van der Waals surface area (Å²) >= 11 is 0. The van der Waals surface area contributed by atoms with E-state index in [-0.39, 0.29) is 37.4 Å². The number of hydrogen-bond acceptors (Lipinski definition) is 4. The summed E-state index contributed by atoms with van der Waals surface area (Å²) in [7, 11) is 0. The summed E-state index contributed by atoms with van der Waals surface area (Å²) in [5, 5.41) is 11.9. The molecule has 1 unspecified atom stereocenters. The molecular formula is C25H26N2O5. The third-order valence-corrected chi connectivity index (χ3v) is 7.05. The summed E-state index contributed by atoms with van der Waals surface area (Å²) in [4.78, 5) is 38.2. The Hall–Kier alpha value is -3.35. The van der Waals surface area contributed by atoms with Gasteiger partial charge in [0.2, 0.25) is 5.91 Å². The van der Waals surface area contributed by atoms with E-state index in [4.69, 9.17) is 9.84 Å². The van der Waals surface area contributed by atoms with Crippen LogP contribution in [-0.2, 0) is 14.3 Å². The summed E-state index contributed by atoms with van der Waals surface area (Å²) in [5.74, 6) is -1.58. The quantitative estimate of drug-likeness (QED) is 0.728. The fourth-order valence-electron chi connectivity index (χ4n) is 4.93. The lowest BCUT2D eigenvalue weighted by Crippen LogP contribution is -2.61. The van der Waals surface area contributed by atoms with E-state index >= 15 is 0 Å². The summed E-state index contributed by atoms with van der Waals surface area (Å²) in [6.07, 6.45) is 2.16. The van der Waals surface area contributed by atoms with Gasteiger partial charge in [-0.15, -0.1) is 0 Å². The Morgan fingerprint density at radius 3 is 2.12 bits per heavy atom. The van der Waals surface area contributed by atoms with Crippen LogP contribution in [0.1, 0.15) is 36.3 Å². The predicted octanol–water partition coefficient (Wildman–Crippen LogP) is 3.24. The summed E-state index contributed by atoms with van der Waals surface area (Å²) in [5.41, 5.74) is 4.58. The molecule has 1 atom stereocenters. The lowest BCUT2D eigenvalue weighted by atomic mass is 9.78. The molecule has 0 bridgehead atoms. The highest BCUT2D eigenvalue weighted by Crippen LogP contribution is 2.44. The molecule has 5 rings (SSSR count). The van der Waals surface area contributed by atoms with Crippen LogP contribution in [0.25, 0.3) is 11.1 Å². The number of amides is 2. The number of alkyl carbamates (subject to hydrolysis) is 1. The number of likely N-dealkylation sites (tertiary alicyclic amines) is 1. The first-order valence-corrected chi connectivity index (χ1v) is 11.2. The Morgan fingerprint density at radius 1 is 1.00 bits per heavy atom. The first kappa shape index (κ1) is 20.5. The number of aliphatic carboxylic acids is 1. The van der Waals surface area contributed by atoms with Crippen LogP contribution in [0.4, 0.5) is 4.79 Å². The van der Waals surface area contributed by atoms with Gasteiger partial charge in [0.15, 0.2) is 0 Å². The highest BCUT2D eigenvalue weighted by Gasteiger charge is 2.42. The second-order valence-corrected chi connectivity index (χ2v) is 8.92. The zero-order valence-electron chi connectivity index (χ0n) is 17.7. The van der Waals surface area contributed by atoms with Crippen molar-refractivity contribution in [3.8, 4) is 11.1 Å². The lowest BCUT2D eigenvalue weighted by molar-refractivity contribution is -0.154. The molecule has 0 radical (unpaired) electrons. The van der Waals surface area contributed by atoms with Crippen LogP contribution in [0.15, 0.2) is 48.5 Å². The summed E-state index contributed by atoms with van der Waals surface area (Å²) < 4.78 is 5.61. The normalized spacial score (nSPS) is 18.7. The van der Waals surface area contributed by atoms with Crippen LogP contribution in [0.3, 0.4) is 0 Å². The van der Waals surface area contributed by atoms with Crippen LogP contribution in [-0.4, -0.2) is 53.7 Å². The Bertz CT molecular complexity index is 1010. The Labute approximate surface area is 186 Å². The molecule has 166 valence electrons. The number of hydrogen-bond donors (Lipinski definition) is 2. The number of benzene rings is 2. The van der Waals surface area contributed by atoms with Gasteiger partial charge < -0.3 is 20.1 Å². The van der Waals surface area contributed by atoms with Gasteiger partial charge in [-0.1, -0.05) is 55.0 Å². The van der Waals surface area contributed by atoms with Crippen LogP contribution >= 0.6 is 0 Å². The Kier molecular flexibility index (Phi) is 5.33. The van der Waals surface area contributed by atoms with Gasteiger partial charge in [0.25, 0.3) is 0 Å². The molecule has 0 aromatic heterocycles. The molecule has 1 saturated carbocycles. The zero-order chi connectivity index (χ0) is 22.2. The maximum absolute atomic E-state index is 12.9. The topological polar surface area (TPSA) is 95.9 Å². The third kappa shape index (κ3) is 3.61.